The number of nitrogens with two attached hydrogens (primary N) is 1. The Morgan fingerprint density at radius 1 is 1.54 bits per heavy atom. The molecule has 72 valence electrons. The van der Waals surface area contributed by atoms with Crippen LogP contribution < -0.4 is 10.5 Å². The first-order chi connectivity index (χ1) is 6.24. The summed E-state index contributed by atoms with van der Waals surface area (Å²) < 4.78 is 10.9. The summed E-state index contributed by atoms with van der Waals surface area (Å²) in [6.45, 7) is 1.07. The lowest BCUT2D eigenvalue weighted by molar-refractivity contribution is 0.146. The Morgan fingerprint density at radius 2 is 2.31 bits per heavy atom. The molecule has 13 heavy (non-hydrogen) atoms. The van der Waals surface area contributed by atoms with Crippen molar-refractivity contribution in [3.8, 4) is 5.75 Å². The number of aromatic nitrogens is 1. The van der Waals surface area contributed by atoms with Gasteiger partial charge in [-0.25, -0.2) is 4.98 Å². The maximum absolute atomic E-state index is 5.51. The zero-order valence-corrected chi connectivity index (χ0v) is 8.87. The molecule has 0 amide bonds. The van der Waals surface area contributed by atoms with Gasteiger partial charge in [0, 0.05) is 7.11 Å². The SMILES string of the molecule is COCCOc1cnc(N)c(Br)c1. The first-order valence-electron chi connectivity index (χ1n) is 3.77. The molecule has 0 saturated heterocycles. The van der Waals surface area contributed by atoms with Crippen LogP contribution in [-0.4, -0.2) is 25.3 Å². The van der Waals surface area contributed by atoms with Crippen LogP contribution >= 0.6 is 15.9 Å². The summed E-state index contributed by atoms with van der Waals surface area (Å²) in [5.41, 5.74) is 5.51. The molecular formula is C8H11BrN2O2. The molecule has 0 aliphatic carbocycles. The van der Waals surface area contributed by atoms with Crippen molar-refractivity contribution in [1.29, 1.82) is 0 Å². The van der Waals surface area contributed by atoms with E-state index in [2.05, 4.69) is 20.9 Å². The fourth-order valence-electron chi connectivity index (χ4n) is 0.753. The lowest BCUT2D eigenvalue weighted by Gasteiger charge is -2.05. The number of anilines is 1. The smallest absolute Gasteiger partial charge is 0.139 e. The summed E-state index contributed by atoms with van der Waals surface area (Å²) in [4.78, 5) is 3.92. The van der Waals surface area contributed by atoms with Gasteiger partial charge in [-0.1, -0.05) is 0 Å². The molecule has 1 aromatic heterocycles. The third-order valence-corrected chi connectivity index (χ3v) is 2.04. The summed E-state index contributed by atoms with van der Waals surface area (Å²) in [5, 5.41) is 0. The van der Waals surface area contributed by atoms with Gasteiger partial charge < -0.3 is 15.2 Å². The Kier molecular flexibility index (Phi) is 3.98. The minimum atomic E-state index is 0.457. The zero-order chi connectivity index (χ0) is 9.68. The van der Waals surface area contributed by atoms with Gasteiger partial charge in [0.05, 0.1) is 17.3 Å². The Morgan fingerprint density at radius 3 is 2.92 bits per heavy atom. The molecule has 0 fully saturated rings. The van der Waals surface area contributed by atoms with E-state index in [9.17, 15) is 0 Å². The maximum Gasteiger partial charge on any atom is 0.139 e. The molecule has 0 aliphatic rings. The number of halogens is 1. The van der Waals surface area contributed by atoms with Crippen LogP contribution in [0.5, 0.6) is 5.75 Å². The molecule has 1 rings (SSSR count). The number of hydrogen-bond acceptors (Lipinski definition) is 4. The highest BCUT2D eigenvalue weighted by Crippen LogP contribution is 2.21. The van der Waals surface area contributed by atoms with Crippen LogP contribution in [0.1, 0.15) is 0 Å². The van der Waals surface area contributed by atoms with Crippen LogP contribution in [0.4, 0.5) is 5.82 Å². The van der Waals surface area contributed by atoms with Crippen LogP contribution in [0, 0.1) is 0 Å². The van der Waals surface area contributed by atoms with Gasteiger partial charge in [0.25, 0.3) is 0 Å². The largest absolute Gasteiger partial charge is 0.490 e. The van der Waals surface area contributed by atoms with Crippen molar-refractivity contribution in [2.75, 3.05) is 26.1 Å². The lowest BCUT2D eigenvalue weighted by Crippen LogP contribution is -2.04. The first-order valence-corrected chi connectivity index (χ1v) is 4.56. The van der Waals surface area contributed by atoms with Crippen molar-refractivity contribution >= 4 is 21.7 Å². The Hall–Kier alpha value is -0.810. The average Bonchev–Trinajstić information content (AvgIpc) is 2.12. The van der Waals surface area contributed by atoms with Crippen molar-refractivity contribution < 1.29 is 9.47 Å². The summed E-state index contributed by atoms with van der Waals surface area (Å²) in [6.07, 6.45) is 1.58. The first kappa shape index (κ1) is 10.3. The summed E-state index contributed by atoms with van der Waals surface area (Å²) in [6, 6.07) is 1.78. The summed E-state index contributed by atoms with van der Waals surface area (Å²) >= 11 is 3.26. The molecule has 0 spiro atoms. The van der Waals surface area contributed by atoms with Gasteiger partial charge in [0.2, 0.25) is 0 Å². The predicted molar refractivity (Wildman–Crippen MR) is 53.7 cm³/mol. The number of pyridine rings is 1. The van der Waals surface area contributed by atoms with Gasteiger partial charge in [0.1, 0.15) is 18.2 Å². The summed E-state index contributed by atoms with van der Waals surface area (Å²) in [5.74, 6) is 1.14. The minimum absolute atomic E-state index is 0.457. The topological polar surface area (TPSA) is 57.4 Å². The zero-order valence-electron chi connectivity index (χ0n) is 7.29. The highest BCUT2D eigenvalue weighted by atomic mass is 79.9. The quantitative estimate of drug-likeness (QED) is 0.818. The van der Waals surface area contributed by atoms with Gasteiger partial charge >= 0.3 is 0 Å². The van der Waals surface area contributed by atoms with E-state index in [-0.39, 0.29) is 0 Å². The van der Waals surface area contributed by atoms with Crippen LogP contribution in [-0.2, 0) is 4.74 Å². The molecule has 1 heterocycles. The molecular weight excluding hydrogens is 236 g/mol. The molecule has 0 aromatic carbocycles. The van der Waals surface area contributed by atoms with Crippen molar-refractivity contribution in [1.82, 2.24) is 4.98 Å². The lowest BCUT2D eigenvalue weighted by atomic mass is 10.4. The molecule has 0 atom stereocenters. The van der Waals surface area contributed by atoms with Crippen molar-refractivity contribution in [3.63, 3.8) is 0 Å². The van der Waals surface area contributed by atoms with Crippen LogP contribution in [0.3, 0.4) is 0 Å². The fraction of sp³-hybridized carbons (Fsp3) is 0.375. The van der Waals surface area contributed by atoms with Crippen molar-refractivity contribution in [2.24, 2.45) is 0 Å². The van der Waals surface area contributed by atoms with Gasteiger partial charge in [-0.05, 0) is 22.0 Å². The van der Waals surface area contributed by atoms with Gasteiger partial charge in [-0.15, -0.1) is 0 Å². The third-order valence-electron chi connectivity index (χ3n) is 1.40. The Labute approximate surface area is 85.2 Å². The number of methoxy groups -OCH3 is 1. The molecule has 0 bridgehead atoms. The molecule has 0 aliphatic heterocycles. The van der Waals surface area contributed by atoms with Gasteiger partial charge in [0.15, 0.2) is 0 Å². The number of rotatable bonds is 4. The standard InChI is InChI=1S/C8H11BrN2O2/c1-12-2-3-13-6-4-7(9)8(10)11-5-6/h4-5H,2-3H2,1H3,(H2,10,11). The van der Waals surface area contributed by atoms with Crippen molar-refractivity contribution in [2.45, 2.75) is 0 Å². The van der Waals surface area contributed by atoms with Crippen LogP contribution in [0.15, 0.2) is 16.7 Å². The number of hydrogen-bond donors (Lipinski definition) is 1. The van der Waals surface area contributed by atoms with E-state index in [1.54, 1.807) is 19.4 Å². The fourth-order valence-corrected chi connectivity index (χ4v) is 1.08. The van der Waals surface area contributed by atoms with Crippen molar-refractivity contribution in [3.05, 3.63) is 16.7 Å². The van der Waals surface area contributed by atoms with E-state index in [0.29, 0.717) is 24.8 Å². The second-order valence-electron chi connectivity index (χ2n) is 2.38. The monoisotopic (exact) mass is 246 g/mol. The molecule has 4 nitrogen and oxygen atoms in total. The van der Waals surface area contributed by atoms with E-state index >= 15 is 0 Å². The summed E-state index contributed by atoms with van der Waals surface area (Å²) in [7, 11) is 1.63. The second kappa shape index (κ2) is 5.04. The highest BCUT2D eigenvalue weighted by molar-refractivity contribution is 9.10. The molecule has 5 heteroatoms. The van der Waals surface area contributed by atoms with Crippen LogP contribution in [0.25, 0.3) is 0 Å². The van der Waals surface area contributed by atoms with Gasteiger partial charge in [-0.3, -0.25) is 0 Å². The van der Waals surface area contributed by atoms with E-state index in [0.717, 1.165) is 4.47 Å². The minimum Gasteiger partial charge on any atom is -0.490 e. The normalized spacial score (nSPS) is 10.0. The molecule has 2 N–H and O–H groups in total. The van der Waals surface area contributed by atoms with E-state index in [4.69, 9.17) is 15.2 Å². The Bertz CT molecular complexity index is 281. The highest BCUT2D eigenvalue weighted by Gasteiger charge is 1.99. The second-order valence-corrected chi connectivity index (χ2v) is 3.23. The molecule has 1 aromatic rings. The number of nitrogens with zero attached hydrogens (tertiary/aromatic N) is 1. The number of ether oxygens (including phenoxy) is 2. The van der Waals surface area contributed by atoms with Gasteiger partial charge in [-0.2, -0.15) is 0 Å². The predicted octanol–water partition coefficient (Wildman–Crippen LogP) is 1.45. The van der Waals surface area contributed by atoms with Crippen LogP contribution in [0.2, 0.25) is 0 Å². The molecule has 0 saturated carbocycles. The molecule has 0 radical (unpaired) electrons. The molecule has 0 unspecified atom stereocenters. The van der Waals surface area contributed by atoms with E-state index in [1.807, 2.05) is 0 Å². The maximum atomic E-state index is 5.51. The third kappa shape index (κ3) is 3.20. The number of nitrogen functional groups attached to an aromatic ring is 1. The van der Waals surface area contributed by atoms with E-state index in [1.165, 1.54) is 0 Å². The Balaban J connectivity index is 2.53. The van der Waals surface area contributed by atoms with E-state index < -0.39 is 0 Å². The average molecular weight is 247 g/mol.